The van der Waals surface area contributed by atoms with Crippen LogP contribution in [-0.4, -0.2) is 29.7 Å². The van der Waals surface area contributed by atoms with Crippen molar-refractivity contribution in [1.82, 2.24) is 5.32 Å². The Morgan fingerprint density at radius 3 is 2.60 bits per heavy atom. The van der Waals surface area contributed by atoms with Crippen LogP contribution in [0.15, 0.2) is 53.6 Å². The predicted molar refractivity (Wildman–Crippen MR) is 112 cm³/mol. The number of carbonyl (C=O) groups excluding carboxylic acids is 2. The molecule has 3 rings (SSSR count). The summed E-state index contributed by atoms with van der Waals surface area (Å²) in [4.78, 5) is 24.4. The summed E-state index contributed by atoms with van der Waals surface area (Å²) >= 11 is 0. The molecule has 0 bridgehead atoms. The molecule has 0 spiro atoms. The quantitative estimate of drug-likeness (QED) is 0.696. The number of hydrogen-bond acceptors (Lipinski definition) is 5. The Morgan fingerprint density at radius 2 is 1.93 bits per heavy atom. The predicted octanol–water partition coefficient (Wildman–Crippen LogP) is 2.49. The van der Waals surface area contributed by atoms with Crippen molar-refractivity contribution in [2.75, 3.05) is 5.01 Å². The number of anilines is 1. The van der Waals surface area contributed by atoms with Gasteiger partial charge in [-0.25, -0.2) is 4.39 Å². The molecule has 0 saturated carbocycles. The van der Waals surface area contributed by atoms with E-state index in [1.54, 1.807) is 0 Å². The Morgan fingerprint density at radius 1 is 1.23 bits per heavy atom. The summed E-state index contributed by atoms with van der Waals surface area (Å²) in [5.74, 6) is -1.39. The van der Waals surface area contributed by atoms with E-state index in [-0.39, 0.29) is 24.1 Å². The zero-order chi connectivity index (χ0) is 21.7. The average molecular weight is 412 g/mol. The molecule has 1 aliphatic rings. The van der Waals surface area contributed by atoms with Crippen molar-refractivity contribution < 1.29 is 18.7 Å². The van der Waals surface area contributed by atoms with E-state index in [9.17, 15) is 14.0 Å². The Labute approximate surface area is 174 Å². The summed E-state index contributed by atoms with van der Waals surface area (Å²) in [6.07, 6.45) is 0.219. The second-order valence-electron chi connectivity index (χ2n) is 7.35. The Kier molecular flexibility index (Phi) is 6.79. The van der Waals surface area contributed by atoms with E-state index >= 15 is 0 Å². The lowest BCUT2D eigenvalue weighted by atomic mass is 10.1. The Hall–Kier alpha value is -3.26. The second-order valence-corrected chi connectivity index (χ2v) is 7.35. The number of nitrogens with two attached hydrogens (primary N) is 1. The minimum Gasteiger partial charge on any atom is -0.374 e. The molecule has 8 heteroatoms. The number of primary amides is 1. The average Bonchev–Trinajstić information content (AvgIpc) is 3.17. The number of nitrogens with zero attached hydrogens (tertiary/aromatic N) is 2. The molecule has 1 aliphatic heterocycles. The lowest BCUT2D eigenvalue weighted by Crippen LogP contribution is -2.39. The molecule has 1 atom stereocenters. The number of ether oxygens (including phenoxy) is 1. The summed E-state index contributed by atoms with van der Waals surface area (Å²) < 4.78 is 18.8. The summed E-state index contributed by atoms with van der Waals surface area (Å²) in [7, 11) is 0. The zero-order valence-electron chi connectivity index (χ0n) is 17.0. The van der Waals surface area contributed by atoms with E-state index in [0.29, 0.717) is 18.8 Å². The Balaban J connectivity index is 1.66. The largest absolute Gasteiger partial charge is 0.374 e. The molecule has 30 heavy (non-hydrogen) atoms. The second kappa shape index (κ2) is 9.49. The number of hydrazone groups is 1. The van der Waals surface area contributed by atoms with Gasteiger partial charge in [-0.15, -0.1) is 0 Å². The normalized spacial score (nSPS) is 15.9. The molecule has 0 radical (unpaired) electrons. The number of amides is 2. The molecular formula is C22H25FN4O3. The molecule has 2 amide bonds. The van der Waals surface area contributed by atoms with Crippen LogP contribution in [0, 0.1) is 5.82 Å². The highest BCUT2D eigenvalue weighted by Gasteiger charge is 2.34. The van der Waals surface area contributed by atoms with Crippen LogP contribution in [0.1, 0.15) is 31.4 Å². The lowest BCUT2D eigenvalue weighted by molar-refractivity contribution is -0.119. The first-order valence-corrected chi connectivity index (χ1v) is 9.72. The molecule has 158 valence electrons. The molecule has 0 saturated heterocycles. The van der Waals surface area contributed by atoms with Gasteiger partial charge in [0, 0.05) is 13.0 Å². The third-order valence-electron chi connectivity index (χ3n) is 4.62. The molecule has 7 nitrogen and oxygen atoms in total. The topological polar surface area (TPSA) is 97.0 Å². The third-order valence-corrected chi connectivity index (χ3v) is 4.62. The first-order chi connectivity index (χ1) is 14.3. The Bertz CT molecular complexity index is 944. The van der Waals surface area contributed by atoms with Crippen LogP contribution >= 0.6 is 0 Å². The maximum atomic E-state index is 13.2. The fraction of sp³-hybridized carbons (Fsp3) is 0.318. The van der Waals surface area contributed by atoms with Crippen molar-refractivity contribution >= 4 is 23.2 Å². The van der Waals surface area contributed by atoms with Crippen molar-refractivity contribution in [3.8, 4) is 0 Å². The van der Waals surface area contributed by atoms with Crippen molar-refractivity contribution in [1.29, 1.82) is 0 Å². The smallest absolute Gasteiger partial charge is 0.267 e. The van der Waals surface area contributed by atoms with Crippen molar-refractivity contribution in [2.45, 2.75) is 45.6 Å². The third kappa shape index (κ3) is 5.42. The molecule has 0 aliphatic carbocycles. The van der Waals surface area contributed by atoms with Gasteiger partial charge in [-0.3, -0.25) is 14.6 Å². The minimum absolute atomic E-state index is 0.0841. The van der Waals surface area contributed by atoms with Gasteiger partial charge in [-0.1, -0.05) is 24.3 Å². The highest BCUT2D eigenvalue weighted by Crippen LogP contribution is 2.25. The van der Waals surface area contributed by atoms with Gasteiger partial charge in [0.25, 0.3) is 5.91 Å². The van der Waals surface area contributed by atoms with E-state index < -0.39 is 17.8 Å². The van der Waals surface area contributed by atoms with Gasteiger partial charge in [0.05, 0.1) is 18.4 Å². The number of benzene rings is 2. The number of rotatable bonds is 8. The number of nitrogens with one attached hydrogen (secondary N) is 1. The van der Waals surface area contributed by atoms with E-state index in [2.05, 4.69) is 10.4 Å². The van der Waals surface area contributed by atoms with Crippen molar-refractivity contribution in [3.63, 3.8) is 0 Å². The van der Waals surface area contributed by atoms with Gasteiger partial charge in [0.1, 0.15) is 17.6 Å². The van der Waals surface area contributed by atoms with Gasteiger partial charge in [0.2, 0.25) is 5.91 Å². The summed E-state index contributed by atoms with van der Waals surface area (Å²) in [5, 5.41) is 8.45. The van der Waals surface area contributed by atoms with Crippen LogP contribution in [0.2, 0.25) is 0 Å². The highest BCUT2D eigenvalue weighted by molar-refractivity contribution is 6.40. The summed E-state index contributed by atoms with van der Waals surface area (Å²) in [6.45, 7) is 4.76. The number of carbonyl (C=O) groups is 2. The van der Waals surface area contributed by atoms with E-state index in [4.69, 9.17) is 10.5 Å². The van der Waals surface area contributed by atoms with Gasteiger partial charge in [-0.05, 0) is 49.2 Å². The van der Waals surface area contributed by atoms with Gasteiger partial charge < -0.3 is 15.8 Å². The summed E-state index contributed by atoms with van der Waals surface area (Å²) in [6, 6.07) is 12.4. The fourth-order valence-corrected chi connectivity index (χ4v) is 3.08. The minimum atomic E-state index is -0.798. The van der Waals surface area contributed by atoms with E-state index in [1.165, 1.54) is 29.3 Å². The highest BCUT2D eigenvalue weighted by atomic mass is 19.1. The molecule has 3 N–H and O–H groups in total. The maximum absolute atomic E-state index is 13.2. The first kappa shape index (κ1) is 21.4. The summed E-state index contributed by atoms with van der Waals surface area (Å²) in [5.41, 5.74) is 8.10. The fourth-order valence-electron chi connectivity index (χ4n) is 3.08. The lowest BCUT2D eigenvalue weighted by Gasteiger charge is -2.20. The SMILES string of the molecule is CC(C)OCc1cccc(CNC(=O)C2=NN(c3ccc(F)cc3)C(C(N)=O)C2)c1. The van der Waals surface area contributed by atoms with Gasteiger partial charge in [0.15, 0.2) is 0 Å². The van der Waals surface area contributed by atoms with E-state index in [0.717, 1.165) is 11.1 Å². The van der Waals surface area contributed by atoms with Crippen LogP contribution in [0.4, 0.5) is 10.1 Å². The molecule has 1 unspecified atom stereocenters. The van der Waals surface area contributed by atoms with Crippen LogP contribution in [0.3, 0.4) is 0 Å². The molecule has 1 heterocycles. The van der Waals surface area contributed by atoms with Gasteiger partial charge >= 0.3 is 0 Å². The van der Waals surface area contributed by atoms with Crippen LogP contribution in [0.5, 0.6) is 0 Å². The van der Waals surface area contributed by atoms with Crippen LogP contribution in [0.25, 0.3) is 0 Å². The van der Waals surface area contributed by atoms with Crippen molar-refractivity contribution in [2.24, 2.45) is 10.8 Å². The van der Waals surface area contributed by atoms with Crippen molar-refractivity contribution in [3.05, 3.63) is 65.5 Å². The maximum Gasteiger partial charge on any atom is 0.267 e. The van der Waals surface area contributed by atoms with Crippen LogP contribution < -0.4 is 16.1 Å². The molecular weight excluding hydrogens is 387 g/mol. The number of hydrogen-bond donors (Lipinski definition) is 2. The molecule has 0 aromatic heterocycles. The molecule has 0 fully saturated rings. The number of halogens is 1. The monoisotopic (exact) mass is 412 g/mol. The standard InChI is InChI=1S/C22H25FN4O3/c1-14(2)30-13-16-5-3-4-15(10-16)12-25-22(29)19-11-20(21(24)28)27(26-19)18-8-6-17(23)7-9-18/h3-10,14,20H,11-13H2,1-2H3,(H2,24,28)(H,25,29). The zero-order valence-corrected chi connectivity index (χ0v) is 17.0. The molecule has 2 aromatic rings. The van der Waals surface area contributed by atoms with E-state index in [1.807, 2.05) is 38.1 Å². The first-order valence-electron chi connectivity index (χ1n) is 9.72. The van der Waals surface area contributed by atoms with Crippen LogP contribution in [-0.2, 0) is 27.5 Å². The molecule has 2 aromatic carbocycles. The van der Waals surface area contributed by atoms with Gasteiger partial charge in [-0.2, -0.15) is 5.10 Å².